The maximum Gasteiger partial charge on any atom is 0.139 e. The minimum Gasteiger partial charge on any atom is -0.368 e. The lowest BCUT2D eigenvalue weighted by Gasteiger charge is -2.37. The van der Waals surface area contributed by atoms with Crippen LogP contribution in [0.15, 0.2) is 54.9 Å². The van der Waals surface area contributed by atoms with E-state index < -0.39 is 0 Å². The summed E-state index contributed by atoms with van der Waals surface area (Å²) < 4.78 is 0. The van der Waals surface area contributed by atoms with E-state index in [0.29, 0.717) is 0 Å². The van der Waals surface area contributed by atoms with E-state index >= 15 is 0 Å². The number of fused-ring (bicyclic) bond motifs is 1. The highest BCUT2D eigenvalue weighted by molar-refractivity contribution is 5.89. The Morgan fingerprint density at radius 1 is 0.857 bits per heavy atom. The Kier molecular flexibility index (Phi) is 2.99. The van der Waals surface area contributed by atoms with Crippen molar-refractivity contribution in [3.8, 4) is 0 Å². The summed E-state index contributed by atoms with van der Waals surface area (Å²) in [5.41, 5.74) is 3.57. The van der Waals surface area contributed by atoms with Crippen LogP contribution in [0.2, 0.25) is 0 Å². The molecule has 0 atom stereocenters. The topological polar surface area (TPSA) is 35.2 Å². The van der Waals surface area contributed by atoms with E-state index in [1.165, 1.54) is 16.8 Å². The monoisotopic (exact) mass is 278 g/mol. The van der Waals surface area contributed by atoms with Gasteiger partial charge in [-0.25, -0.2) is 4.98 Å². The van der Waals surface area contributed by atoms with Gasteiger partial charge >= 0.3 is 0 Å². The first kappa shape index (κ1) is 12.3. The normalized spacial score (nSPS) is 15.6. The summed E-state index contributed by atoms with van der Waals surface area (Å²) in [7, 11) is 0. The van der Waals surface area contributed by atoms with Crippen LogP contribution < -0.4 is 9.80 Å². The highest BCUT2D eigenvalue weighted by Crippen LogP contribution is 2.26. The van der Waals surface area contributed by atoms with Crippen LogP contribution in [0, 0.1) is 0 Å². The molecule has 4 heteroatoms. The number of aromatic amines is 1. The standard InChI is InChI=1S/C17H18N4/c1-2-4-14(5-3-1)20-10-12-21(13-11-20)16-7-9-19-17-15(16)6-8-18-17/h1-9H,10-13H2,(H,18,19). The zero-order chi connectivity index (χ0) is 14.1. The number of para-hydroxylation sites is 1. The third-order valence-corrected chi connectivity index (χ3v) is 4.18. The van der Waals surface area contributed by atoms with Crippen LogP contribution in [0.3, 0.4) is 0 Å². The Morgan fingerprint density at radius 3 is 2.43 bits per heavy atom. The van der Waals surface area contributed by atoms with Crippen LogP contribution in [-0.4, -0.2) is 36.1 Å². The van der Waals surface area contributed by atoms with Gasteiger partial charge in [-0.3, -0.25) is 0 Å². The van der Waals surface area contributed by atoms with E-state index in [2.05, 4.69) is 62.2 Å². The van der Waals surface area contributed by atoms with Crippen molar-refractivity contribution in [2.45, 2.75) is 0 Å². The van der Waals surface area contributed by atoms with Gasteiger partial charge in [-0.2, -0.15) is 0 Å². The predicted molar refractivity (Wildman–Crippen MR) is 87.0 cm³/mol. The van der Waals surface area contributed by atoms with Crippen molar-refractivity contribution in [1.29, 1.82) is 0 Å². The molecule has 1 fully saturated rings. The predicted octanol–water partition coefficient (Wildman–Crippen LogP) is 2.89. The lowest BCUT2D eigenvalue weighted by atomic mass is 10.2. The number of nitrogens with zero attached hydrogens (tertiary/aromatic N) is 3. The molecular formula is C17H18N4. The molecule has 1 aromatic carbocycles. The zero-order valence-electron chi connectivity index (χ0n) is 11.9. The molecule has 2 aromatic heterocycles. The fourth-order valence-corrected chi connectivity index (χ4v) is 3.07. The summed E-state index contributed by atoms with van der Waals surface area (Å²) in [5, 5.41) is 1.21. The molecule has 106 valence electrons. The molecule has 3 aromatic rings. The number of rotatable bonds is 2. The van der Waals surface area contributed by atoms with Gasteiger partial charge in [0.25, 0.3) is 0 Å². The quantitative estimate of drug-likeness (QED) is 0.783. The Bertz CT molecular complexity index is 727. The zero-order valence-corrected chi connectivity index (χ0v) is 11.9. The second-order valence-electron chi connectivity index (χ2n) is 5.38. The van der Waals surface area contributed by atoms with E-state index in [9.17, 15) is 0 Å². The first-order valence-corrected chi connectivity index (χ1v) is 7.39. The summed E-state index contributed by atoms with van der Waals surface area (Å²) in [5.74, 6) is 0. The number of nitrogens with one attached hydrogen (secondary N) is 1. The third kappa shape index (κ3) is 2.23. The first-order chi connectivity index (χ1) is 10.4. The van der Waals surface area contributed by atoms with Crippen LogP contribution in [0.1, 0.15) is 0 Å². The van der Waals surface area contributed by atoms with Crippen LogP contribution in [0.5, 0.6) is 0 Å². The molecule has 0 radical (unpaired) electrons. The summed E-state index contributed by atoms with van der Waals surface area (Å²) >= 11 is 0. The fourth-order valence-electron chi connectivity index (χ4n) is 3.07. The van der Waals surface area contributed by atoms with E-state index in [4.69, 9.17) is 0 Å². The van der Waals surface area contributed by atoms with Gasteiger partial charge in [-0.1, -0.05) is 18.2 Å². The second kappa shape index (κ2) is 5.13. The SMILES string of the molecule is c1ccc(N2CCN(c3ccnc4[nH]ccc34)CC2)cc1. The molecular weight excluding hydrogens is 260 g/mol. The molecule has 4 nitrogen and oxygen atoms in total. The molecule has 3 heterocycles. The maximum atomic E-state index is 4.37. The number of piperazine rings is 1. The van der Waals surface area contributed by atoms with Gasteiger partial charge in [0.05, 0.1) is 0 Å². The summed E-state index contributed by atoms with van der Waals surface area (Å²) in [6.45, 7) is 4.19. The van der Waals surface area contributed by atoms with Gasteiger partial charge in [0.1, 0.15) is 5.65 Å². The van der Waals surface area contributed by atoms with Gasteiger partial charge in [-0.15, -0.1) is 0 Å². The van der Waals surface area contributed by atoms with Crippen LogP contribution in [-0.2, 0) is 0 Å². The van der Waals surface area contributed by atoms with Crippen LogP contribution >= 0.6 is 0 Å². The van der Waals surface area contributed by atoms with E-state index in [0.717, 1.165) is 31.8 Å². The lowest BCUT2D eigenvalue weighted by Crippen LogP contribution is -2.46. The van der Waals surface area contributed by atoms with E-state index in [1.54, 1.807) is 0 Å². The van der Waals surface area contributed by atoms with E-state index in [-0.39, 0.29) is 0 Å². The third-order valence-electron chi connectivity index (χ3n) is 4.18. The van der Waals surface area contributed by atoms with Crippen molar-refractivity contribution in [3.05, 3.63) is 54.9 Å². The summed E-state index contributed by atoms with van der Waals surface area (Å²) in [6.07, 6.45) is 3.85. The molecule has 1 N–H and O–H groups in total. The number of hydrogen-bond donors (Lipinski definition) is 1. The maximum absolute atomic E-state index is 4.37. The molecule has 21 heavy (non-hydrogen) atoms. The van der Waals surface area contributed by atoms with Crippen molar-refractivity contribution in [2.24, 2.45) is 0 Å². The number of pyridine rings is 1. The van der Waals surface area contributed by atoms with Gasteiger partial charge < -0.3 is 14.8 Å². The minimum atomic E-state index is 0.970. The second-order valence-corrected chi connectivity index (χ2v) is 5.38. The first-order valence-electron chi connectivity index (χ1n) is 7.39. The molecule has 0 spiro atoms. The molecule has 0 bridgehead atoms. The fraction of sp³-hybridized carbons (Fsp3) is 0.235. The molecule has 0 unspecified atom stereocenters. The van der Waals surface area contributed by atoms with Crippen molar-refractivity contribution in [3.63, 3.8) is 0 Å². The van der Waals surface area contributed by atoms with Crippen LogP contribution in [0.25, 0.3) is 11.0 Å². The minimum absolute atomic E-state index is 0.970. The Labute approximate surface area is 124 Å². The van der Waals surface area contributed by atoms with Crippen molar-refractivity contribution < 1.29 is 0 Å². The summed E-state index contributed by atoms with van der Waals surface area (Å²) in [4.78, 5) is 12.5. The summed E-state index contributed by atoms with van der Waals surface area (Å²) in [6, 6.07) is 14.9. The van der Waals surface area contributed by atoms with Crippen molar-refractivity contribution in [1.82, 2.24) is 9.97 Å². The van der Waals surface area contributed by atoms with Crippen molar-refractivity contribution >= 4 is 22.4 Å². The number of H-pyrrole nitrogens is 1. The van der Waals surface area contributed by atoms with E-state index in [1.807, 2.05) is 12.4 Å². The molecule has 1 saturated heterocycles. The molecule has 1 aliphatic rings. The molecule has 0 amide bonds. The van der Waals surface area contributed by atoms with Gasteiger partial charge in [0.2, 0.25) is 0 Å². The number of anilines is 2. The largest absolute Gasteiger partial charge is 0.368 e. The Balaban J connectivity index is 1.54. The number of hydrogen-bond acceptors (Lipinski definition) is 3. The van der Waals surface area contributed by atoms with Crippen LogP contribution in [0.4, 0.5) is 11.4 Å². The smallest absolute Gasteiger partial charge is 0.139 e. The highest BCUT2D eigenvalue weighted by Gasteiger charge is 2.19. The van der Waals surface area contributed by atoms with Gasteiger partial charge in [0.15, 0.2) is 0 Å². The highest BCUT2D eigenvalue weighted by atomic mass is 15.3. The number of aromatic nitrogens is 2. The molecule has 4 rings (SSSR count). The molecule has 1 aliphatic heterocycles. The number of benzene rings is 1. The Hall–Kier alpha value is -2.49. The average molecular weight is 278 g/mol. The van der Waals surface area contributed by atoms with Crippen molar-refractivity contribution in [2.75, 3.05) is 36.0 Å². The molecule has 0 saturated carbocycles. The molecule has 0 aliphatic carbocycles. The lowest BCUT2D eigenvalue weighted by molar-refractivity contribution is 0.655. The average Bonchev–Trinajstić information content (AvgIpc) is 3.04. The van der Waals surface area contributed by atoms with Gasteiger partial charge in [0, 0.05) is 55.3 Å². The Morgan fingerprint density at radius 2 is 1.62 bits per heavy atom. The van der Waals surface area contributed by atoms with Gasteiger partial charge in [-0.05, 0) is 24.3 Å².